The molecule has 0 saturated carbocycles. The summed E-state index contributed by atoms with van der Waals surface area (Å²) in [5, 5.41) is 14.6. The number of benzene rings is 1. The van der Waals surface area contributed by atoms with Crippen molar-refractivity contribution in [3.63, 3.8) is 0 Å². The van der Waals surface area contributed by atoms with Gasteiger partial charge in [0.2, 0.25) is 5.91 Å². The summed E-state index contributed by atoms with van der Waals surface area (Å²) in [6.45, 7) is 3.49. The number of carbonyl (C=O) groups is 2. The van der Waals surface area contributed by atoms with Crippen LogP contribution in [-0.2, 0) is 16.0 Å². The first kappa shape index (κ1) is 16.1. The monoisotopic (exact) mass is 301 g/mol. The van der Waals surface area contributed by atoms with Gasteiger partial charge in [0.15, 0.2) is 0 Å². The van der Waals surface area contributed by atoms with E-state index in [-0.39, 0.29) is 11.8 Å². The fourth-order valence-corrected chi connectivity index (χ4v) is 2.52. The first-order valence-electron chi connectivity index (χ1n) is 7.54. The standard InChI is InChI=1S/C17H22N2O3/c1-11(2)16(17(21)22)19-15(20)9-5-6-12-10-18-14-8-4-3-7-13(12)14/h3-4,7-8,10-11,16,18H,5-6,9H2,1-2H3,(H,19,20)(H,21,22)/p-1/t16-/m1/s1. The normalized spacial score (nSPS) is 12.5. The van der Waals surface area contributed by atoms with Gasteiger partial charge >= 0.3 is 0 Å². The lowest BCUT2D eigenvalue weighted by Gasteiger charge is -2.23. The van der Waals surface area contributed by atoms with Crippen molar-refractivity contribution in [1.82, 2.24) is 10.3 Å². The van der Waals surface area contributed by atoms with Crippen molar-refractivity contribution in [1.29, 1.82) is 0 Å². The molecule has 22 heavy (non-hydrogen) atoms. The maximum Gasteiger partial charge on any atom is 0.220 e. The molecule has 1 amide bonds. The van der Waals surface area contributed by atoms with Crippen LogP contribution in [0, 0.1) is 5.92 Å². The highest BCUT2D eigenvalue weighted by Crippen LogP contribution is 2.19. The van der Waals surface area contributed by atoms with Gasteiger partial charge in [0.1, 0.15) is 0 Å². The molecule has 2 N–H and O–H groups in total. The molecule has 1 heterocycles. The van der Waals surface area contributed by atoms with Crippen LogP contribution < -0.4 is 10.4 Å². The van der Waals surface area contributed by atoms with Crippen LogP contribution in [0.5, 0.6) is 0 Å². The highest BCUT2D eigenvalue weighted by molar-refractivity contribution is 5.84. The Kier molecular flexibility index (Phi) is 5.20. The lowest BCUT2D eigenvalue weighted by molar-refractivity contribution is -0.309. The Bertz CT molecular complexity index is 661. The van der Waals surface area contributed by atoms with Crippen LogP contribution >= 0.6 is 0 Å². The van der Waals surface area contributed by atoms with E-state index in [2.05, 4.69) is 10.3 Å². The van der Waals surface area contributed by atoms with E-state index in [1.165, 1.54) is 5.56 Å². The molecule has 1 aromatic carbocycles. The maximum absolute atomic E-state index is 11.8. The summed E-state index contributed by atoms with van der Waals surface area (Å²) < 4.78 is 0. The number of H-pyrrole nitrogens is 1. The minimum absolute atomic E-state index is 0.192. The summed E-state index contributed by atoms with van der Waals surface area (Å²) in [5.41, 5.74) is 2.25. The van der Waals surface area contributed by atoms with E-state index in [0.717, 1.165) is 17.3 Å². The average molecular weight is 301 g/mol. The highest BCUT2D eigenvalue weighted by Gasteiger charge is 2.17. The summed E-state index contributed by atoms with van der Waals surface area (Å²) in [6.07, 6.45) is 3.71. The van der Waals surface area contributed by atoms with Gasteiger partial charge < -0.3 is 20.2 Å². The molecule has 0 aliphatic heterocycles. The number of carboxylic acids is 1. The molecule has 118 valence electrons. The smallest absolute Gasteiger partial charge is 0.220 e. The first-order chi connectivity index (χ1) is 10.5. The molecule has 0 saturated heterocycles. The molecule has 1 aromatic heterocycles. The topological polar surface area (TPSA) is 85.0 Å². The third kappa shape index (κ3) is 3.87. The summed E-state index contributed by atoms with van der Waals surface area (Å²) in [4.78, 5) is 26.0. The molecule has 5 heteroatoms. The number of carboxylic acid groups (broad SMARTS) is 1. The van der Waals surface area contributed by atoms with Crippen molar-refractivity contribution < 1.29 is 14.7 Å². The third-order valence-corrected chi connectivity index (χ3v) is 3.76. The SMILES string of the molecule is CC(C)[C@@H](NC(=O)CCCc1c[nH]c2ccccc12)C(=O)[O-]. The van der Waals surface area contributed by atoms with E-state index in [9.17, 15) is 14.7 Å². The molecule has 2 aromatic rings. The lowest BCUT2D eigenvalue weighted by Crippen LogP contribution is -2.50. The molecular weight excluding hydrogens is 280 g/mol. The van der Waals surface area contributed by atoms with Crippen molar-refractivity contribution in [3.8, 4) is 0 Å². The van der Waals surface area contributed by atoms with Crippen molar-refractivity contribution in [2.45, 2.75) is 39.2 Å². The molecular formula is C17H21N2O3-. The second-order valence-electron chi connectivity index (χ2n) is 5.82. The molecule has 0 fully saturated rings. The van der Waals surface area contributed by atoms with Gasteiger partial charge in [-0.2, -0.15) is 0 Å². The second-order valence-corrected chi connectivity index (χ2v) is 5.82. The Balaban J connectivity index is 1.85. The number of carbonyl (C=O) groups excluding carboxylic acids is 2. The van der Waals surface area contributed by atoms with Gasteiger partial charge in [0.25, 0.3) is 0 Å². The summed E-state index contributed by atoms with van der Waals surface area (Å²) >= 11 is 0. The van der Waals surface area contributed by atoms with Crippen LogP contribution in [0.4, 0.5) is 0 Å². The zero-order chi connectivity index (χ0) is 16.1. The van der Waals surface area contributed by atoms with E-state index in [4.69, 9.17) is 0 Å². The lowest BCUT2D eigenvalue weighted by atomic mass is 10.0. The molecule has 2 rings (SSSR count). The van der Waals surface area contributed by atoms with Crippen LogP contribution in [0.15, 0.2) is 30.5 Å². The number of fused-ring (bicyclic) bond motifs is 1. The minimum atomic E-state index is -1.24. The zero-order valence-corrected chi connectivity index (χ0v) is 12.9. The van der Waals surface area contributed by atoms with Gasteiger partial charge in [0.05, 0.1) is 12.0 Å². The predicted octanol–water partition coefficient (Wildman–Crippen LogP) is 1.38. The number of hydrogen-bond donors (Lipinski definition) is 2. The second kappa shape index (κ2) is 7.11. The van der Waals surface area contributed by atoms with Crippen molar-refractivity contribution in [3.05, 3.63) is 36.0 Å². The molecule has 0 radical (unpaired) electrons. The Morgan fingerprint density at radius 1 is 1.27 bits per heavy atom. The van der Waals surface area contributed by atoms with Gasteiger partial charge in [-0.05, 0) is 30.4 Å². The number of para-hydroxylation sites is 1. The van der Waals surface area contributed by atoms with E-state index in [0.29, 0.717) is 12.8 Å². The van der Waals surface area contributed by atoms with Crippen LogP contribution in [-0.4, -0.2) is 22.9 Å². The van der Waals surface area contributed by atoms with E-state index < -0.39 is 12.0 Å². The molecule has 1 atom stereocenters. The van der Waals surface area contributed by atoms with Crippen molar-refractivity contribution in [2.24, 2.45) is 5.92 Å². The first-order valence-corrected chi connectivity index (χ1v) is 7.54. The largest absolute Gasteiger partial charge is 0.548 e. The zero-order valence-electron chi connectivity index (χ0n) is 12.9. The van der Waals surface area contributed by atoms with Gasteiger partial charge in [-0.1, -0.05) is 32.0 Å². The van der Waals surface area contributed by atoms with E-state index in [1.54, 1.807) is 13.8 Å². The number of hydrogen-bond acceptors (Lipinski definition) is 3. The van der Waals surface area contributed by atoms with Crippen LogP contribution in [0.25, 0.3) is 10.9 Å². The third-order valence-electron chi connectivity index (χ3n) is 3.76. The maximum atomic E-state index is 11.8. The highest BCUT2D eigenvalue weighted by atomic mass is 16.4. The van der Waals surface area contributed by atoms with E-state index in [1.807, 2.05) is 30.5 Å². The van der Waals surface area contributed by atoms with E-state index >= 15 is 0 Å². The number of amides is 1. The number of rotatable bonds is 7. The van der Waals surface area contributed by atoms with Gasteiger partial charge in [-0.3, -0.25) is 4.79 Å². The molecule has 0 aliphatic rings. The van der Waals surface area contributed by atoms with Crippen molar-refractivity contribution >= 4 is 22.8 Å². The summed E-state index contributed by atoms with van der Waals surface area (Å²) in [5.74, 6) is -1.68. The Morgan fingerprint density at radius 2 is 2.00 bits per heavy atom. The fourth-order valence-electron chi connectivity index (χ4n) is 2.52. The Labute approximate surface area is 129 Å². The van der Waals surface area contributed by atoms with Gasteiger partial charge in [-0.15, -0.1) is 0 Å². The summed E-state index contributed by atoms with van der Waals surface area (Å²) in [7, 11) is 0. The Hall–Kier alpha value is -2.30. The number of nitrogens with one attached hydrogen (secondary N) is 2. The van der Waals surface area contributed by atoms with Crippen LogP contribution in [0.3, 0.4) is 0 Å². The molecule has 5 nitrogen and oxygen atoms in total. The average Bonchev–Trinajstić information content (AvgIpc) is 2.88. The van der Waals surface area contributed by atoms with Gasteiger partial charge in [-0.25, -0.2) is 0 Å². The van der Waals surface area contributed by atoms with Crippen LogP contribution in [0.1, 0.15) is 32.3 Å². The number of aryl methyl sites for hydroxylation is 1. The quantitative estimate of drug-likeness (QED) is 0.810. The number of aliphatic carboxylic acids is 1. The summed E-state index contributed by atoms with van der Waals surface area (Å²) in [6, 6.07) is 7.09. The fraction of sp³-hybridized carbons (Fsp3) is 0.412. The predicted molar refractivity (Wildman–Crippen MR) is 83.0 cm³/mol. The molecule has 0 unspecified atom stereocenters. The molecule has 0 bridgehead atoms. The number of aromatic amines is 1. The van der Waals surface area contributed by atoms with Gasteiger partial charge in [0, 0.05) is 23.5 Å². The molecule has 0 spiro atoms. The Morgan fingerprint density at radius 3 is 2.68 bits per heavy atom. The number of aromatic nitrogens is 1. The minimum Gasteiger partial charge on any atom is -0.548 e. The van der Waals surface area contributed by atoms with Crippen molar-refractivity contribution in [2.75, 3.05) is 0 Å². The molecule has 0 aliphatic carbocycles. The van der Waals surface area contributed by atoms with Crippen LogP contribution in [0.2, 0.25) is 0 Å².